The van der Waals surface area contributed by atoms with Gasteiger partial charge in [0, 0.05) is 33.1 Å². The summed E-state index contributed by atoms with van der Waals surface area (Å²) in [4.78, 5) is 12.3. The number of hydrogen-bond acceptors (Lipinski definition) is 4. The molecular weight excluding hydrogens is 356 g/mol. The first kappa shape index (κ1) is 22.0. The predicted octanol–water partition coefficient (Wildman–Crippen LogP) is 3.62. The lowest BCUT2D eigenvalue weighted by molar-refractivity contribution is 0.0391. The van der Waals surface area contributed by atoms with Gasteiger partial charge in [0.1, 0.15) is 6.10 Å². The van der Waals surface area contributed by atoms with Gasteiger partial charge in [0.15, 0.2) is 0 Å². The SMILES string of the molecule is CCCC[S@@](=O)CC(C[S@](=O)CCCC)OC(=O)c1ccc(C)cc1. The molecule has 0 radical (unpaired) electrons. The molecule has 0 unspecified atom stereocenters. The molecule has 0 saturated heterocycles. The third-order valence-electron chi connectivity index (χ3n) is 3.76. The van der Waals surface area contributed by atoms with Gasteiger partial charge < -0.3 is 4.74 Å². The number of ether oxygens (including phenoxy) is 1. The topological polar surface area (TPSA) is 60.4 Å². The van der Waals surface area contributed by atoms with E-state index >= 15 is 0 Å². The van der Waals surface area contributed by atoms with Gasteiger partial charge >= 0.3 is 5.97 Å². The van der Waals surface area contributed by atoms with Gasteiger partial charge in [0.05, 0.1) is 17.1 Å². The summed E-state index contributed by atoms with van der Waals surface area (Å²) in [6.45, 7) is 6.05. The van der Waals surface area contributed by atoms with E-state index in [0.717, 1.165) is 31.2 Å². The fourth-order valence-corrected chi connectivity index (χ4v) is 5.12. The monoisotopic (exact) mass is 386 g/mol. The summed E-state index contributed by atoms with van der Waals surface area (Å²) in [5.41, 5.74) is 1.53. The highest BCUT2D eigenvalue weighted by atomic mass is 32.2. The molecule has 2 atom stereocenters. The number of carbonyl (C=O) groups excluding carboxylic acids is 1. The van der Waals surface area contributed by atoms with E-state index in [1.165, 1.54) is 0 Å². The molecular formula is C19H30O4S2. The van der Waals surface area contributed by atoms with Crippen LogP contribution in [0.3, 0.4) is 0 Å². The summed E-state index contributed by atoms with van der Waals surface area (Å²) in [5.74, 6) is 1.27. The number of hydrogen-bond donors (Lipinski definition) is 0. The minimum Gasteiger partial charge on any atom is -0.457 e. The summed E-state index contributed by atoms with van der Waals surface area (Å²) in [6, 6.07) is 7.14. The molecule has 25 heavy (non-hydrogen) atoms. The van der Waals surface area contributed by atoms with Gasteiger partial charge in [-0.3, -0.25) is 8.42 Å². The van der Waals surface area contributed by atoms with Crippen LogP contribution < -0.4 is 0 Å². The van der Waals surface area contributed by atoms with Crippen molar-refractivity contribution in [2.75, 3.05) is 23.0 Å². The zero-order valence-corrected chi connectivity index (χ0v) is 17.1. The average Bonchev–Trinajstić information content (AvgIpc) is 2.58. The smallest absolute Gasteiger partial charge is 0.338 e. The van der Waals surface area contributed by atoms with Crippen molar-refractivity contribution in [3.8, 4) is 0 Å². The van der Waals surface area contributed by atoms with Crippen LogP contribution in [0.4, 0.5) is 0 Å². The second kappa shape index (κ2) is 12.4. The van der Waals surface area contributed by atoms with Crippen LogP contribution in [0, 0.1) is 6.92 Å². The maximum atomic E-state index is 12.3. The van der Waals surface area contributed by atoms with Crippen molar-refractivity contribution in [3.05, 3.63) is 35.4 Å². The quantitative estimate of drug-likeness (QED) is 0.515. The number of aryl methyl sites for hydroxylation is 1. The number of unbranched alkanes of at least 4 members (excludes halogenated alkanes) is 2. The van der Waals surface area contributed by atoms with Crippen molar-refractivity contribution < 1.29 is 17.9 Å². The first-order chi connectivity index (χ1) is 12.0. The normalized spacial score (nSPS) is 13.6. The molecule has 0 amide bonds. The van der Waals surface area contributed by atoms with Crippen molar-refractivity contribution in [3.63, 3.8) is 0 Å². The van der Waals surface area contributed by atoms with Gasteiger partial charge in [0.25, 0.3) is 0 Å². The summed E-state index contributed by atoms with van der Waals surface area (Å²) >= 11 is 0. The van der Waals surface area contributed by atoms with Gasteiger partial charge in [-0.2, -0.15) is 0 Å². The molecule has 0 spiro atoms. The van der Waals surface area contributed by atoms with E-state index < -0.39 is 33.7 Å². The Hall–Kier alpha value is -1.01. The highest BCUT2D eigenvalue weighted by Crippen LogP contribution is 2.10. The molecule has 0 bridgehead atoms. The Morgan fingerprint density at radius 3 is 1.88 bits per heavy atom. The van der Waals surface area contributed by atoms with Gasteiger partial charge in [-0.05, 0) is 31.9 Å². The van der Waals surface area contributed by atoms with Gasteiger partial charge in [0.2, 0.25) is 0 Å². The third-order valence-corrected chi connectivity index (χ3v) is 6.73. The van der Waals surface area contributed by atoms with E-state index in [9.17, 15) is 13.2 Å². The highest BCUT2D eigenvalue weighted by molar-refractivity contribution is 7.86. The molecule has 0 aromatic heterocycles. The number of esters is 1. The molecule has 1 aromatic carbocycles. The van der Waals surface area contributed by atoms with Gasteiger partial charge in [-0.15, -0.1) is 0 Å². The van der Waals surface area contributed by atoms with Crippen molar-refractivity contribution >= 4 is 27.6 Å². The summed E-state index contributed by atoms with van der Waals surface area (Å²) in [6.07, 6.45) is 3.14. The van der Waals surface area contributed by atoms with E-state index in [4.69, 9.17) is 4.74 Å². The van der Waals surface area contributed by atoms with Crippen molar-refractivity contribution in [1.29, 1.82) is 0 Å². The second-order valence-corrected chi connectivity index (χ2v) is 9.46. The molecule has 0 heterocycles. The van der Waals surface area contributed by atoms with Crippen LogP contribution >= 0.6 is 0 Å². The second-order valence-electron chi connectivity index (χ2n) is 6.22. The largest absolute Gasteiger partial charge is 0.457 e. The molecule has 0 N–H and O–H groups in total. The van der Waals surface area contributed by atoms with E-state index in [0.29, 0.717) is 17.1 Å². The number of benzene rings is 1. The maximum absolute atomic E-state index is 12.3. The Morgan fingerprint density at radius 2 is 1.44 bits per heavy atom. The summed E-state index contributed by atoms with van der Waals surface area (Å²) < 4.78 is 29.9. The lowest BCUT2D eigenvalue weighted by atomic mass is 10.1. The molecule has 0 saturated carbocycles. The van der Waals surface area contributed by atoms with Gasteiger partial charge in [-0.25, -0.2) is 4.79 Å². The Morgan fingerprint density at radius 1 is 0.960 bits per heavy atom. The highest BCUT2D eigenvalue weighted by Gasteiger charge is 2.21. The summed E-state index contributed by atoms with van der Waals surface area (Å²) in [5, 5.41) is 0. The first-order valence-electron chi connectivity index (χ1n) is 8.93. The first-order valence-corrected chi connectivity index (χ1v) is 11.9. The minimum absolute atomic E-state index is 0.259. The fraction of sp³-hybridized carbons (Fsp3) is 0.632. The molecule has 0 aliphatic rings. The molecule has 0 aliphatic heterocycles. The number of carbonyl (C=O) groups is 1. The fourth-order valence-electron chi connectivity index (χ4n) is 2.22. The van der Waals surface area contributed by atoms with Gasteiger partial charge in [-0.1, -0.05) is 44.4 Å². The average molecular weight is 387 g/mol. The van der Waals surface area contributed by atoms with E-state index in [2.05, 4.69) is 0 Å². The maximum Gasteiger partial charge on any atom is 0.338 e. The standard InChI is InChI=1S/C19H30O4S2/c1-4-6-12-24(21)14-18(15-25(22)13-7-5-2)23-19(20)17-10-8-16(3)9-11-17/h8-11,18H,4-7,12-15H2,1-3H3/t24-,25-/m1/s1. The zero-order valence-electron chi connectivity index (χ0n) is 15.5. The van der Waals surface area contributed by atoms with Crippen LogP contribution in [-0.2, 0) is 26.3 Å². The lowest BCUT2D eigenvalue weighted by Crippen LogP contribution is -2.31. The van der Waals surface area contributed by atoms with Crippen LogP contribution in [0.15, 0.2) is 24.3 Å². The Balaban J connectivity index is 2.71. The third kappa shape index (κ3) is 9.31. The molecule has 142 valence electrons. The van der Waals surface area contributed by atoms with E-state index in [1.54, 1.807) is 12.1 Å². The zero-order chi connectivity index (χ0) is 18.7. The predicted molar refractivity (Wildman–Crippen MR) is 106 cm³/mol. The van der Waals surface area contributed by atoms with Crippen molar-refractivity contribution in [2.24, 2.45) is 0 Å². The van der Waals surface area contributed by atoms with Crippen LogP contribution in [0.1, 0.15) is 55.5 Å². The van der Waals surface area contributed by atoms with Crippen LogP contribution in [-0.4, -0.2) is 43.5 Å². The molecule has 4 nitrogen and oxygen atoms in total. The van der Waals surface area contributed by atoms with Crippen LogP contribution in [0.2, 0.25) is 0 Å². The van der Waals surface area contributed by atoms with Crippen molar-refractivity contribution in [1.82, 2.24) is 0 Å². The lowest BCUT2D eigenvalue weighted by Gasteiger charge is -2.17. The van der Waals surface area contributed by atoms with Crippen molar-refractivity contribution in [2.45, 2.75) is 52.6 Å². The molecule has 0 fully saturated rings. The van der Waals surface area contributed by atoms with E-state index in [-0.39, 0.29) is 11.5 Å². The Kier molecular flexibility index (Phi) is 10.9. The Labute approximate surface area is 156 Å². The minimum atomic E-state index is -1.06. The summed E-state index contributed by atoms with van der Waals surface area (Å²) in [7, 11) is -2.12. The number of rotatable bonds is 12. The Bertz CT molecular complexity index is 547. The van der Waals surface area contributed by atoms with Crippen LogP contribution in [0.25, 0.3) is 0 Å². The van der Waals surface area contributed by atoms with Crippen LogP contribution in [0.5, 0.6) is 0 Å². The molecule has 1 aromatic rings. The van der Waals surface area contributed by atoms with E-state index in [1.807, 2.05) is 32.9 Å². The molecule has 0 aliphatic carbocycles. The molecule has 6 heteroatoms. The molecule has 1 rings (SSSR count).